The van der Waals surface area contributed by atoms with E-state index in [1.165, 1.54) is 6.42 Å². The third-order valence-corrected chi connectivity index (χ3v) is 9.11. The van der Waals surface area contributed by atoms with Gasteiger partial charge in [0, 0.05) is 55.3 Å². The van der Waals surface area contributed by atoms with Crippen molar-refractivity contribution < 1.29 is 14.4 Å². The summed E-state index contributed by atoms with van der Waals surface area (Å²) in [5, 5.41) is 6.87. The first-order valence-electron chi connectivity index (χ1n) is 15.4. The molecule has 3 aromatic rings. The van der Waals surface area contributed by atoms with E-state index in [0.717, 1.165) is 49.9 Å². The normalized spacial score (nSPS) is 17.6. The minimum Gasteiger partial charge on any atom is -0.354 e. The molecule has 226 valence electrons. The first-order chi connectivity index (χ1) is 20.9. The molecular formula is C35H41ClN4O3. The molecule has 2 N–H and O–H groups in total. The van der Waals surface area contributed by atoms with Gasteiger partial charge in [-0.2, -0.15) is 0 Å². The highest BCUT2D eigenvalue weighted by Gasteiger charge is 2.40. The molecule has 0 spiro atoms. The van der Waals surface area contributed by atoms with Crippen molar-refractivity contribution in [2.45, 2.75) is 56.5 Å². The third-order valence-electron chi connectivity index (χ3n) is 8.86. The average molecular weight is 601 g/mol. The summed E-state index contributed by atoms with van der Waals surface area (Å²) in [4.78, 5) is 44.2. The van der Waals surface area contributed by atoms with E-state index in [0.29, 0.717) is 43.1 Å². The Labute approximate surface area is 259 Å². The zero-order valence-corrected chi connectivity index (χ0v) is 25.4. The quantitative estimate of drug-likeness (QED) is 0.347. The first kappa shape index (κ1) is 30.8. The van der Waals surface area contributed by atoms with Gasteiger partial charge in [0.25, 0.3) is 5.91 Å². The van der Waals surface area contributed by atoms with E-state index in [2.05, 4.69) is 15.5 Å². The van der Waals surface area contributed by atoms with Crippen LogP contribution in [-0.2, 0) is 22.4 Å². The van der Waals surface area contributed by atoms with Gasteiger partial charge in [-0.05, 0) is 48.2 Å². The van der Waals surface area contributed by atoms with E-state index in [-0.39, 0.29) is 23.3 Å². The Morgan fingerprint density at radius 2 is 1.40 bits per heavy atom. The lowest BCUT2D eigenvalue weighted by atomic mass is 9.79. The fourth-order valence-electron chi connectivity index (χ4n) is 6.43. The summed E-state index contributed by atoms with van der Waals surface area (Å²) >= 11 is 6.09. The summed E-state index contributed by atoms with van der Waals surface area (Å²) in [6.07, 6.45) is 6.34. The van der Waals surface area contributed by atoms with Crippen LogP contribution >= 0.6 is 11.6 Å². The molecule has 0 bridgehead atoms. The maximum Gasteiger partial charge on any atom is 0.251 e. The molecule has 2 fully saturated rings. The molecule has 3 aromatic carbocycles. The second-order valence-corrected chi connectivity index (χ2v) is 12.2. The number of nitrogens with one attached hydrogen (secondary N) is 2. The van der Waals surface area contributed by atoms with Gasteiger partial charge in [-0.25, -0.2) is 0 Å². The predicted molar refractivity (Wildman–Crippen MR) is 170 cm³/mol. The smallest absolute Gasteiger partial charge is 0.251 e. The van der Waals surface area contributed by atoms with Gasteiger partial charge in [0.2, 0.25) is 11.8 Å². The Balaban J connectivity index is 1.23. The van der Waals surface area contributed by atoms with E-state index < -0.39 is 6.04 Å². The monoisotopic (exact) mass is 600 g/mol. The largest absolute Gasteiger partial charge is 0.354 e. The van der Waals surface area contributed by atoms with Gasteiger partial charge in [-0.3, -0.25) is 19.3 Å². The molecule has 7 nitrogen and oxygen atoms in total. The molecule has 5 rings (SSSR count). The number of amides is 3. The molecule has 1 atom stereocenters. The van der Waals surface area contributed by atoms with Crippen LogP contribution in [0.3, 0.4) is 0 Å². The fraction of sp³-hybridized carbons (Fsp3) is 0.400. The van der Waals surface area contributed by atoms with Gasteiger partial charge in [0.15, 0.2) is 0 Å². The number of hydrogen-bond acceptors (Lipinski definition) is 4. The van der Waals surface area contributed by atoms with Crippen LogP contribution in [0.15, 0.2) is 84.9 Å². The molecule has 3 amide bonds. The molecule has 1 aliphatic heterocycles. The molecule has 1 aliphatic carbocycles. The summed E-state index contributed by atoms with van der Waals surface area (Å²) < 4.78 is 0. The Morgan fingerprint density at radius 3 is 2.05 bits per heavy atom. The number of rotatable bonds is 10. The van der Waals surface area contributed by atoms with Crippen molar-refractivity contribution in [2.75, 3.05) is 32.7 Å². The highest BCUT2D eigenvalue weighted by Crippen LogP contribution is 2.34. The van der Waals surface area contributed by atoms with Crippen molar-refractivity contribution in [3.63, 3.8) is 0 Å². The van der Waals surface area contributed by atoms with Gasteiger partial charge in [-0.15, -0.1) is 0 Å². The average Bonchev–Trinajstić information content (AvgIpc) is 3.05. The first-order valence-corrected chi connectivity index (χ1v) is 15.7. The summed E-state index contributed by atoms with van der Waals surface area (Å²) in [5.41, 5.74) is 2.37. The summed E-state index contributed by atoms with van der Waals surface area (Å²) in [7, 11) is 0. The lowest BCUT2D eigenvalue weighted by molar-refractivity contribution is -0.136. The van der Waals surface area contributed by atoms with Crippen LogP contribution in [0.2, 0.25) is 5.02 Å². The summed E-state index contributed by atoms with van der Waals surface area (Å²) in [6.45, 7) is 3.26. The maximum atomic E-state index is 13.9. The molecule has 1 saturated heterocycles. The minimum absolute atomic E-state index is 0.0455. The minimum atomic E-state index is -0.693. The zero-order valence-electron chi connectivity index (χ0n) is 24.6. The van der Waals surface area contributed by atoms with Crippen LogP contribution in [0.4, 0.5) is 0 Å². The van der Waals surface area contributed by atoms with Crippen LogP contribution in [0.5, 0.6) is 0 Å². The molecule has 1 saturated carbocycles. The Kier molecular flexibility index (Phi) is 10.5. The number of piperazine rings is 1. The lowest BCUT2D eigenvalue weighted by Gasteiger charge is -2.50. The maximum absolute atomic E-state index is 13.9. The Bertz CT molecular complexity index is 1350. The summed E-state index contributed by atoms with van der Waals surface area (Å²) in [5.74, 6) is -0.296. The van der Waals surface area contributed by atoms with Crippen molar-refractivity contribution in [2.24, 2.45) is 0 Å². The zero-order chi connectivity index (χ0) is 30.1. The SMILES string of the molecule is O=C(Cc1ccccc1)NCC1(N2CCN(C(=O)[C@@H](Cc3ccc(Cl)cc3)NC(=O)c3ccccc3)CC2)CCCCC1. The van der Waals surface area contributed by atoms with E-state index in [1.807, 2.05) is 65.6 Å². The standard InChI is InChI=1S/C35H41ClN4O3/c36-30-16-14-28(15-17-30)24-31(38-33(42)29-12-6-2-7-13-29)34(43)39-20-22-40(23-21-39)35(18-8-3-9-19-35)26-37-32(41)25-27-10-4-1-5-11-27/h1-2,4-7,10-17,31H,3,8-9,18-26H2,(H,37,41)(H,38,42)/t31-/m1/s1. The molecule has 0 radical (unpaired) electrons. The second-order valence-electron chi connectivity index (χ2n) is 11.8. The number of carbonyl (C=O) groups is 3. The van der Waals surface area contributed by atoms with Crippen LogP contribution in [0, 0.1) is 0 Å². The molecule has 43 heavy (non-hydrogen) atoms. The van der Waals surface area contributed by atoms with Crippen LogP contribution in [0.1, 0.15) is 53.6 Å². The van der Waals surface area contributed by atoms with Crippen molar-refractivity contribution >= 4 is 29.3 Å². The predicted octanol–water partition coefficient (Wildman–Crippen LogP) is 4.89. The van der Waals surface area contributed by atoms with E-state index >= 15 is 0 Å². The molecule has 8 heteroatoms. The Hall–Kier alpha value is -3.68. The van der Waals surface area contributed by atoms with Gasteiger partial charge in [0.05, 0.1) is 6.42 Å². The van der Waals surface area contributed by atoms with E-state index in [1.54, 1.807) is 24.3 Å². The molecule has 0 aromatic heterocycles. The lowest BCUT2D eigenvalue weighted by Crippen LogP contribution is -2.63. The van der Waals surface area contributed by atoms with Crippen molar-refractivity contribution in [3.8, 4) is 0 Å². The van der Waals surface area contributed by atoms with Gasteiger partial charge < -0.3 is 15.5 Å². The highest BCUT2D eigenvalue weighted by molar-refractivity contribution is 6.30. The topological polar surface area (TPSA) is 81.8 Å². The van der Waals surface area contributed by atoms with Crippen LogP contribution in [-0.4, -0.2) is 71.8 Å². The van der Waals surface area contributed by atoms with Gasteiger partial charge in [0.1, 0.15) is 6.04 Å². The van der Waals surface area contributed by atoms with E-state index in [4.69, 9.17) is 11.6 Å². The number of hydrogen-bond donors (Lipinski definition) is 2. The third kappa shape index (κ3) is 8.24. The highest BCUT2D eigenvalue weighted by atomic mass is 35.5. The number of halogens is 1. The number of carbonyl (C=O) groups excluding carboxylic acids is 3. The number of benzene rings is 3. The molecular weight excluding hydrogens is 560 g/mol. The van der Waals surface area contributed by atoms with Gasteiger partial charge in [-0.1, -0.05) is 91.5 Å². The molecule has 2 aliphatic rings. The summed E-state index contributed by atoms with van der Waals surface area (Å²) in [6, 6.07) is 25.5. The fourth-order valence-corrected chi connectivity index (χ4v) is 6.56. The molecule has 1 heterocycles. The molecule has 0 unspecified atom stereocenters. The van der Waals surface area contributed by atoms with Crippen molar-refractivity contribution in [3.05, 3.63) is 107 Å². The van der Waals surface area contributed by atoms with Crippen molar-refractivity contribution in [1.29, 1.82) is 0 Å². The van der Waals surface area contributed by atoms with E-state index in [9.17, 15) is 14.4 Å². The van der Waals surface area contributed by atoms with Crippen molar-refractivity contribution in [1.82, 2.24) is 20.4 Å². The van der Waals surface area contributed by atoms with Crippen LogP contribution in [0.25, 0.3) is 0 Å². The van der Waals surface area contributed by atoms with Crippen LogP contribution < -0.4 is 10.6 Å². The number of nitrogens with zero attached hydrogens (tertiary/aromatic N) is 2. The Morgan fingerprint density at radius 1 is 0.767 bits per heavy atom. The second kappa shape index (κ2) is 14.7. The van der Waals surface area contributed by atoms with Gasteiger partial charge >= 0.3 is 0 Å².